The molecule has 2 heterocycles. The Labute approximate surface area is 143 Å². The monoisotopic (exact) mass is 340 g/mol. The molecule has 0 bridgehead atoms. The molecule has 1 N–H and O–H groups in total. The lowest BCUT2D eigenvalue weighted by atomic mass is 10.2. The van der Waals surface area contributed by atoms with Gasteiger partial charge in [0.1, 0.15) is 5.82 Å². The molecule has 0 atom stereocenters. The van der Waals surface area contributed by atoms with Gasteiger partial charge < -0.3 is 14.5 Å². The normalized spacial score (nSPS) is 10.6. The molecule has 1 aromatic carbocycles. The highest BCUT2D eigenvalue weighted by Crippen LogP contribution is 2.14. The van der Waals surface area contributed by atoms with Crippen molar-refractivity contribution >= 4 is 5.91 Å². The van der Waals surface area contributed by atoms with Crippen LogP contribution in [0, 0.1) is 5.82 Å². The molecule has 3 aromatic rings. The van der Waals surface area contributed by atoms with Gasteiger partial charge in [-0.05, 0) is 23.8 Å². The van der Waals surface area contributed by atoms with Crippen LogP contribution < -0.4 is 10.9 Å². The number of imidazole rings is 1. The molecule has 25 heavy (non-hydrogen) atoms. The zero-order chi connectivity index (χ0) is 17.6. The highest BCUT2D eigenvalue weighted by atomic mass is 19.1. The fourth-order valence-electron chi connectivity index (χ4n) is 2.43. The largest absolute Gasteiger partial charge is 0.352 e. The lowest BCUT2D eigenvalue weighted by Gasteiger charge is -2.09. The van der Waals surface area contributed by atoms with E-state index in [-0.39, 0.29) is 30.2 Å². The van der Waals surface area contributed by atoms with Gasteiger partial charge >= 0.3 is 0 Å². The first-order valence-corrected chi connectivity index (χ1v) is 7.82. The first-order chi connectivity index (χ1) is 12.1. The van der Waals surface area contributed by atoms with Crippen molar-refractivity contribution in [3.8, 4) is 5.69 Å². The van der Waals surface area contributed by atoms with Crippen LogP contribution in [-0.2, 0) is 17.9 Å². The van der Waals surface area contributed by atoms with Crippen molar-refractivity contribution in [2.75, 3.05) is 0 Å². The van der Waals surface area contributed by atoms with Crippen molar-refractivity contribution in [3.05, 3.63) is 83.1 Å². The Kier molecular flexibility index (Phi) is 5.03. The Balaban J connectivity index is 1.55. The fourth-order valence-corrected chi connectivity index (χ4v) is 2.43. The van der Waals surface area contributed by atoms with Gasteiger partial charge in [0, 0.05) is 44.2 Å². The third-order valence-corrected chi connectivity index (χ3v) is 3.76. The van der Waals surface area contributed by atoms with Crippen molar-refractivity contribution in [2.45, 2.75) is 19.5 Å². The van der Waals surface area contributed by atoms with E-state index in [9.17, 15) is 14.0 Å². The summed E-state index contributed by atoms with van der Waals surface area (Å²) >= 11 is 0. The lowest BCUT2D eigenvalue weighted by molar-refractivity contribution is -0.121. The van der Waals surface area contributed by atoms with Crippen LogP contribution in [0.5, 0.6) is 0 Å². The molecule has 128 valence electrons. The topological polar surface area (TPSA) is 68.9 Å². The number of aryl methyl sites for hydroxylation is 1. The van der Waals surface area contributed by atoms with E-state index in [0.29, 0.717) is 17.8 Å². The zero-order valence-corrected chi connectivity index (χ0v) is 13.4. The fraction of sp³-hybridized carbons (Fsp3) is 0.167. The average molecular weight is 340 g/mol. The molecule has 1 amide bonds. The number of hydrogen-bond donors (Lipinski definition) is 1. The highest BCUT2D eigenvalue weighted by Gasteiger charge is 2.07. The minimum absolute atomic E-state index is 0.146. The summed E-state index contributed by atoms with van der Waals surface area (Å²) in [7, 11) is 0. The third kappa shape index (κ3) is 4.20. The summed E-state index contributed by atoms with van der Waals surface area (Å²) in [5, 5.41) is 2.73. The second kappa shape index (κ2) is 7.57. The molecule has 6 nitrogen and oxygen atoms in total. The van der Waals surface area contributed by atoms with Crippen molar-refractivity contribution < 1.29 is 9.18 Å². The number of amides is 1. The minimum Gasteiger partial charge on any atom is -0.352 e. The molecule has 3 rings (SSSR count). The van der Waals surface area contributed by atoms with Gasteiger partial charge in [-0.25, -0.2) is 9.37 Å². The van der Waals surface area contributed by atoms with E-state index in [1.165, 1.54) is 23.0 Å². The van der Waals surface area contributed by atoms with Crippen LogP contribution in [0.25, 0.3) is 5.69 Å². The summed E-state index contributed by atoms with van der Waals surface area (Å²) < 4.78 is 17.2. The smallest absolute Gasteiger partial charge is 0.250 e. The van der Waals surface area contributed by atoms with E-state index < -0.39 is 0 Å². The SMILES string of the molecule is O=C(CCn1ccccc1=O)NCc1ccc(-n2ccnc2)c(F)c1. The number of benzene rings is 1. The third-order valence-electron chi connectivity index (χ3n) is 3.76. The number of carbonyl (C=O) groups excluding carboxylic acids is 1. The number of nitrogens with zero attached hydrogens (tertiary/aromatic N) is 3. The van der Waals surface area contributed by atoms with E-state index >= 15 is 0 Å². The minimum atomic E-state index is -0.388. The summed E-state index contributed by atoms with van der Waals surface area (Å²) in [5.74, 6) is -0.588. The van der Waals surface area contributed by atoms with Crippen LogP contribution in [0.3, 0.4) is 0 Å². The van der Waals surface area contributed by atoms with Crippen LogP contribution in [0.15, 0.2) is 66.1 Å². The number of aromatic nitrogens is 3. The van der Waals surface area contributed by atoms with Crippen LogP contribution in [0.2, 0.25) is 0 Å². The predicted molar refractivity (Wildman–Crippen MR) is 90.7 cm³/mol. The summed E-state index contributed by atoms with van der Waals surface area (Å²) in [6.45, 7) is 0.531. The van der Waals surface area contributed by atoms with E-state index in [1.807, 2.05) is 0 Å². The number of pyridine rings is 1. The molecule has 0 aliphatic rings. The standard InChI is InChI=1S/C18H17FN4O2/c19-15-11-14(4-5-16(15)23-10-7-20-13-23)12-21-17(24)6-9-22-8-2-1-3-18(22)25/h1-5,7-8,10-11,13H,6,9,12H2,(H,21,24). The van der Waals surface area contributed by atoms with Crippen LogP contribution in [0.4, 0.5) is 4.39 Å². The van der Waals surface area contributed by atoms with Gasteiger partial charge in [0.15, 0.2) is 0 Å². The Morgan fingerprint density at radius 3 is 2.80 bits per heavy atom. The van der Waals surface area contributed by atoms with Crippen molar-refractivity contribution in [1.29, 1.82) is 0 Å². The molecule has 0 aliphatic carbocycles. The summed E-state index contributed by atoms with van der Waals surface area (Å²) in [6, 6.07) is 9.62. The van der Waals surface area contributed by atoms with E-state index in [4.69, 9.17) is 0 Å². The summed E-state index contributed by atoms with van der Waals surface area (Å²) in [5.41, 5.74) is 0.912. The Hall–Kier alpha value is -3.22. The number of halogens is 1. The predicted octanol–water partition coefficient (Wildman–Crippen LogP) is 1.88. The molecule has 0 aliphatic heterocycles. The summed E-state index contributed by atoms with van der Waals surface area (Å²) in [6.07, 6.45) is 6.57. The van der Waals surface area contributed by atoms with Crippen molar-refractivity contribution in [2.24, 2.45) is 0 Å². The van der Waals surface area contributed by atoms with Crippen LogP contribution in [-0.4, -0.2) is 20.0 Å². The molecule has 0 radical (unpaired) electrons. The number of nitrogens with one attached hydrogen (secondary N) is 1. The van der Waals surface area contributed by atoms with Gasteiger partial charge in [0.05, 0.1) is 12.0 Å². The Bertz CT molecular complexity index is 919. The maximum Gasteiger partial charge on any atom is 0.250 e. The molecule has 0 spiro atoms. The molecular weight excluding hydrogens is 323 g/mol. The lowest BCUT2D eigenvalue weighted by Crippen LogP contribution is -2.26. The van der Waals surface area contributed by atoms with Crippen LogP contribution >= 0.6 is 0 Å². The van der Waals surface area contributed by atoms with Gasteiger partial charge in [-0.3, -0.25) is 9.59 Å². The quantitative estimate of drug-likeness (QED) is 0.745. The second-order valence-corrected chi connectivity index (χ2v) is 5.51. The van der Waals surface area contributed by atoms with E-state index in [2.05, 4.69) is 10.3 Å². The molecule has 0 saturated heterocycles. The first kappa shape index (κ1) is 16.6. The van der Waals surface area contributed by atoms with Gasteiger partial charge in [0.25, 0.3) is 5.56 Å². The van der Waals surface area contributed by atoms with E-state index in [0.717, 1.165) is 0 Å². The first-order valence-electron chi connectivity index (χ1n) is 7.82. The zero-order valence-electron chi connectivity index (χ0n) is 13.4. The second-order valence-electron chi connectivity index (χ2n) is 5.51. The van der Waals surface area contributed by atoms with Gasteiger partial charge in [-0.15, -0.1) is 0 Å². The molecular formula is C18H17FN4O2. The number of hydrogen-bond acceptors (Lipinski definition) is 3. The molecule has 0 unspecified atom stereocenters. The van der Waals surface area contributed by atoms with Gasteiger partial charge in [0.2, 0.25) is 5.91 Å². The Morgan fingerprint density at radius 2 is 2.08 bits per heavy atom. The average Bonchev–Trinajstić information content (AvgIpc) is 3.13. The highest BCUT2D eigenvalue weighted by molar-refractivity contribution is 5.75. The van der Waals surface area contributed by atoms with Gasteiger partial charge in [-0.1, -0.05) is 12.1 Å². The van der Waals surface area contributed by atoms with Crippen molar-refractivity contribution in [1.82, 2.24) is 19.4 Å². The molecule has 2 aromatic heterocycles. The van der Waals surface area contributed by atoms with E-state index in [1.54, 1.807) is 47.4 Å². The maximum absolute atomic E-state index is 14.2. The number of carbonyl (C=O) groups is 1. The Morgan fingerprint density at radius 1 is 1.20 bits per heavy atom. The van der Waals surface area contributed by atoms with Crippen molar-refractivity contribution in [3.63, 3.8) is 0 Å². The molecule has 0 saturated carbocycles. The maximum atomic E-state index is 14.2. The number of rotatable bonds is 6. The molecule has 0 fully saturated rings. The van der Waals surface area contributed by atoms with Crippen LogP contribution in [0.1, 0.15) is 12.0 Å². The molecule has 7 heteroatoms. The van der Waals surface area contributed by atoms with Gasteiger partial charge in [-0.2, -0.15) is 0 Å². The summed E-state index contributed by atoms with van der Waals surface area (Å²) in [4.78, 5) is 27.4.